The quantitative estimate of drug-likeness (QED) is 0.192. The lowest BCUT2D eigenvalue weighted by Crippen LogP contribution is -2.14. The highest BCUT2D eigenvalue weighted by molar-refractivity contribution is 6.17. The second-order valence-corrected chi connectivity index (χ2v) is 13.8. The van der Waals surface area contributed by atoms with Gasteiger partial charge in [-0.2, -0.15) is 0 Å². The molecule has 0 saturated heterocycles. The van der Waals surface area contributed by atoms with Crippen LogP contribution in [0.4, 0.5) is 0 Å². The Morgan fingerprint density at radius 1 is 0.460 bits per heavy atom. The fourth-order valence-corrected chi connectivity index (χ4v) is 8.20. The molecule has 2 aromatic heterocycles. The van der Waals surface area contributed by atoms with E-state index in [4.69, 9.17) is 9.97 Å². The van der Waals surface area contributed by atoms with E-state index in [2.05, 4.69) is 170 Å². The highest BCUT2D eigenvalue weighted by atomic mass is 15.2. The van der Waals surface area contributed by atoms with E-state index in [-0.39, 0.29) is 5.41 Å². The van der Waals surface area contributed by atoms with Crippen LogP contribution in [0.3, 0.4) is 0 Å². The van der Waals surface area contributed by atoms with Crippen LogP contribution in [0.25, 0.3) is 83.3 Å². The van der Waals surface area contributed by atoms with E-state index >= 15 is 0 Å². The van der Waals surface area contributed by atoms with Gasteiger partial charge in [0.25, 0.3) is 0 Å². The van der Waals surface area contributed by atoms with Crippen LogP contribution in [-0.2, 0) is 5.41 Å². The van der Waals surface area contributed by atoms with Crippen molar-refractivity contribution in [3.63, 3.8) is 0 Å². The van der Waals surface area contributed by atoms with Gasteiger partial charge < -0.3 is 0 Å². The first-order chi connectivity index (χ1) is 24.6. The van der Waals surface area contributed by atoms with Gasteiger partial charge in [0.2, 0.25) is 5.95 Å². The van der Waals surface area contributed by atoms with Gasteiger partial charge in [-0.25, -0.2) is 9.97 Å². The van der Waals surface area contributed by atoms with Crippen LogP contribution in [-0.4, -0.2) is 14.5 Å². The van der Waals surface area contributed by atoms with E-state index in [0.29, 0.717) is 5.95 Å². The molecule has 0 spiro atoms. The molecule has 0 amide bonds. The lowest BCUT2D eigenvalue weighted by molar-refractivity contribution is 0.660. The lowest BCUT2D eigenvalue weighted by atomic mass is 9.82. The molecule has 7 aromatic carbocycles. The Hall–Kier alpha value is -6.32. The number of rotatable bonds is 4. The van der Waals surface area contributed by atoms with Crippen molar-refractivity contribution in [3.05, 3.63) is 175 Å². The summed E-state index contributed by atoms with van der Waals surface area (Å²) in [6.07, 6.45) is 0. The van der Waals surface area contributed by atoms with Crippen molar-refractivity contribution in [2.24, 2.45) is 0 Å². The fraction of sp³-hybridized carbons (Fsp3) is 0.0638. The maximum absolute atomic E-state index is 5.37. The molecule has 50 heavy (non-hydrogen) atoms. The third kappa shape index (κ3) is 4.23. The van der Waals surface area contributed by atoms with Crippen LogP contribution in [0.5, 0.6) is 0 Å². The van der Waals surface area contributed by atoms with Crippen molar-refractivity contribution in [1.29, 1.82) is 0 Å². The Bertz CT molecular complexity index is 2720. The first kappa shape index (κ1) is 28.7. The van der Waals surface area contributed by atoms with Crippen LogP contribution in [0.15, 0.2) is 164 Å². The molecule has 3 heteroatoms. The van der Waals surface area contributed by atoms with Crippen molar-refractivity contribution in [3.8, 4) is 50.7 Å². The van der Waals surface area contributed by atoms with Crippen molar-refractivity contribution in [2.75, 3.05) is 0 Å². The molecule has 236 valence electrons. The molecule has 0 saturated carbocycles. The zero-order valence-electron chi connectivity index (χ0n) is 27.9. The van der Waals surface area contributed by atoms with Gasteiger partial charge in [-0.1, -0.05) is 159 Å². The third-order valence-corrected chi connectivity index (χ3v) is 10.6. The number of fused-ring (bicyclic) bond motifs is 7. The van der Waals surface area contributed by atoms with Crippen LogP contribution in [0.2, 0.25) is 0 Å². The minimum absolute atomic E-state index is 0.0992. The summed E-state index contributed by atoms with van der Waals surface area (Å²) in [6, 6.07) is 58.7. The van der Waals surface area contributed by atoms with Crippen LogP contribution < -0.4 is 0 Å². The summed E-state index contributed by atoms with van der Waals surface area (Å²) in [6.45, 7) is 4.69. The molecule has 1 aliphatic rings. The second kappa shape index (κ2) is 10.8. The maximum atomic E-state index is 5.37. The fourth-order valence-electron chi connectivity index (χ4n) is 8.20. The molecule has 0 atom stereocenters. The number of nitrogens with zero attached hydrogens (tertiary/aromatic N) is 3. The number of hydrogen-bond donors (Lipinski definition) is 0. The predicted octanol–water partition coefficient (Wildman–Crippen LogP) is 12.0. The van der Waals surface area contributed by atoms with E-state index in [1.165, 1.54) is 54.9 Å². The van der Waals surface area contributed by atoms with Gasteiger partial charge in [0.1, 0.15) is 0 Å². The number of para-hydroxylation sites is 1. The molecule has 0 bridgehead atoms. The van der Waals surface area contributed by atoms with Crippen LogP contribution in [0.1, 0.15) is 25.0 Å². The van der Waals surface area contributed by atoms with Gasteiger partial charge in [-0.05, 0) is 56.8 Å². The molecular formula is C47H33N3. The molecule has 0 N–H and O–H groups in total. The van der Waals surface area contributed by atoms with Crippen LogP contribution >= 0.6 is 0 Å². The summed E-state index contributed by atoms with van der Waals surface area (Å²) in [5.41, 5.74) is 13.7. The molecule has 2 heterocycles. The Labute approximate surface area is 291 Å². The lowest BCUT2D eigenvalue weighted by Gasteiger charge is -2.21. The SMILES string of the molecule is CC1(C)c2ccccc2-c2c(-c3cccc4c5cc6ccccc6cc5n(-c5nc(-c6ccccc6)cc(-c6ccccc6)n5)c34)cccc21. The zero-order chi connectivity index (χ0) is 33.4. The van der Waals surface area contributed by atoms with Crippen molar-refractivity contribution >= 4 is 32.6 Å². The monoisotopic (exact) mass is 639 g/mol. The molecular weight excluding hydrogens is 607 g/mol. The molecule has 3 nitrogen and oxygen atoms in total. The van der Waals surface area contributed by atoms with Gasteiger partial charge in [0.05, 0.1) is 22.4 Å². The smallest absolute Gasteiger partial charge is 0.235 e. The number of aromatic nitrogens is 3. The van der Waals surface area contributed by atoms with Gasteiger partial charge in [0, 0.05) is 32.9 Å². The van der Waals surface area contributed by atoms with Gasteiger partial charge in [0.15, 0.2) is 0 Å². The highest BCUT2D eigenvalue weighted by Gasteiger charge is 2.37. The normalized spacial score (nSPS) is 13.2. The molecule has 0 radical (unpaired) electrons. The summed E-state index contributed by atoms with van der Waals surface area (Å²) in [5, 5.41) is 4.76. The zero-order valence-corrected chi connectivity index (χ0v) is 27.9. The van der Waals surface area contributed by atoms with E-state index in [1.54, 1.807) is 0 Å². The van der Waals surface area contributed by atoms with Gasteiger partial charge in [-0.3, -0.25) is 4.57 Å². The minimum atomic E-state index is -0.0992. The van der Waals surface area contributed by atoms with E-state index in [1.807, 2.05) is 12.1 Å². The maximum Gasteiger partial charge on any atom is 0.235 e. The van der Waals surface area contributed by atoms with Crippen molar-refractivity contribution in [2.45, 2.75) is 19.3 Å². The summed E-state index contributed by atoms with van der Waals surface area (Å²) < 4.78 is 2.32. The molecule has 0 aliphatic heterocycles. The van der Waals surface area contributed by atoms with Gasteiger partial charge >= 0.3 is 0 Å². The van der Waals surface area contributed by atoms with Gasteiger partial charge in [-0.15, -0.1) is 0 Å². The highest BCUT2D eigenvalue weighted by Crippen LogP contribution is 2.53. The molecule has 9 aromatic rings. The van der Waals surface area contributed by atoms with Crippen molar-refractivity contribution < 1.29 is 0 Å². The summed E-state index contributed by atoms with van der Waals surface area (Å²) in [5.74, 6) is 0.654. The number of hydrogen-bond acceptors (Lipinski definition) is 2. The molecule has 0 unspecified atom stereocenters. The average Bonchev–Trinajstić information content (AvgIpc) is 3.62. The minimum Gasteiger partial charge on any atom is -0.277 e. The van der Waals surface area contributed by atoms with E-state index < -0.39 is 0 Å². The molecule has 10 rings (SSSR count). The standard InChI is InChI=1S/C47H33N3/c1-47(2)39-25-12-11-21-37(39)44-34(22-14-26-40(44)47)35-23-13-24-36-38-27-32-19-9-10-20-33(32)28-43(38)50(45(35)36)46-48-41(30-15-5-3-6-16-30)29-42(49-46)31-17-7-4-8-18-31/h3-29H,1-2H3. The van der Waals surface area contributed by atoms with Crippen molar-refractivity contribution in [1.82, 2.24) is 14.5 Å². The Morgan fingerprint density at radius 2 is 1.02 bits per heavy atom. The van der Waals surface area contributed by atoms with E-state index in [0.717, 1.165) is 33.5 Å². The third-order valence-electron chi connectivity index (χ3n) is 10.6. The largest absolute Gasteiger partial charge is 0.277 e. The first-order valence-corrected chi connectivity index (χ1v) is 17.3. The Morgan fingerprint density at radius 3 is 1.74 bits per heavy atom. The molecule has 1 aliphatic carbocycles. The number of benzene rings is 7. The second-order valence-electron chi connectivity index (χ2n) is 13.8. The summed E-state index contributed by atoms with van der Waals surface area (Å²) >= 11 is 0. The summed E-state index contributed by atoms with van der Waals surface area (Å²) in [4.78, 5) is 10.7. The van der Waals surface area contributed by atoms with E-state index in [9.17, 15) is 0 Å². The Balaban J connectivity index is 1.35. The molecule has 0 fully saturated rings. The average molecular weight is 640 g/mol. The summed E-state index contributed by atoms with van der Waals surface area (Å²) in [7, 11) is 0. The Kier molecular flexibility index (Phi) is 6.22. The van der Waals surface area contributed by atoms with Crippen LogP contribution in [0, 0.1) is 0 Å². The topological polar surface area (TPSA) is 30.7 Å². The first-order valence-electron chi connectivity index (χ1n) is 17.3. The predicted molar refractivity (Wildman–Crippen MR) is 208 cm³/mol.